The fourth-order valence-electron chi connectivity index (χ4n) is 1.90. The van der Waals surface area contributed by atoms with Crippen molar-refractivity contribution in [2.45, 2.75) is 37.8 Å². The first kappa shape index (κ1) is 10.9. The summed E-state index contributed by atoms with van der Waals surface area (Å²) < 4.78 is 0. The SMILES string of the molecule is CO[NH+]([O-])C1CCC([NH+](C)[O-])CC1. The first-order valence-electron chi connectivity index (χ1n) is 4.73. The van der Waals surface area contributed by atoms with Crippen molar-refractivity contribution in [1.82, 2.24) is 0 Å². The molecule has 0 aromatic rings. The van der Waals surface area contributed by atoms with Gasteiger partial charge in [-0.05, 0) is 0 Å². The van der Waals surface area contributed by atoms with E-state index >= 15 is 0 Å². The monoisotopic (exact) mass is 190 g/mol. The predicted molar refractivity (Wildman–Crippen MR) is 47.6 cm³/mol. The summed E-state index contributed by atoms with van der Waals surface area (Å²) in [6.07, 6.45) is 3.29. The summed E-state index contributed by atoms with van der Waals surface area (Å²) in [6, 6.07) is 0.210. The van der Waals surface area contributed by atoms with E-state index in [4.69, 9.17) is 0 Å². The molecule has 78 valence electrons. The van der Waals surface area contributed by atoms with Crippen LogP contribution < -0.4 is 10.3 Å². The van der Waals surface area contributed by atoms with E-state index in [-0.39, 0.29) is 22.4 Å². The molecule has 5 heteroatoms. The number of hydrogen-bond donors (Lipinski definition) is 2. The average Bonchev–Trinajstić information content (AvgIpc) is 2.17. The largest absolute Gasteiger partial charge is 0.634 e. The number of hydroxylamine groups is 4. The van der Waals surface area contributed by atoms with Crippen molar-refractivity contribution in [1.29, 1.82) is 0 Å². The summed E-state index contributed by atoms with van der Waals surface area (Å²) in [4.78, 5) is 4.66. The van der Waals surface area contributed by atoms with Gasteiger partial charge in [-0.15, -0.1) is 0 Å². The molecular formula is C8H18N2O3. The molecule has 2 N–H and O–H groups in total. The molecule has 0 aliphatic heterocycles. The quantitative estimate of drug-likeness (QED) is 0.519. The van der Waals surface area contributed by atoms with Gasteiger partial charge in [-0.1, -0.05) is 0 Å². The lowest BCUT2D eigenvalue weighted by molar-refractivity contribution is -1.07. The summed E-state index contributed by atoms with van der Waals surface area (Å²) >= 11 is 0. The Kier molecular flexibility index (Phi) is 4.08. The molecule has 0 bridgehead atoms. The van der Waals surface area contributed by atoms with E-state index in [2.05, 4.69) is 4.84 Å². The van der Waals surface area contributed by atoms with Crippen LogP contribution in [0, 0.1) is 10.4 Å². The second kappa shape index (κ2) is 4.88. The Balaban J connectivity index is 2.30. The molecule has 0 radical (unpaired) electrons. The summed E-state index contributed by atoms with van der Waals surface area (Å²) in [7, 11) is 3.04. The van der Waals surface area contributed by atoms with Crippen LogP contribution in [0.25, 0.3) is 0 Å². The van der Waals surface area contributed by atoms with Crippen LogP contribution in [0.4, 0.5) is 0 Å². The normalized spacial score (nSPS) is 34.2. The lowest BCUT2D eigenvalue weighted by atomic mass is 9.91. The highest BCUT2D eigenvalue weighted by atomic mass is 16.9. The molecule has 13 heavy (non-hydrogen) atoms. The molecular weight excluding hydrogens is 172 g/mol. The van der Waals surface area contributed by atoms with Crippen LogP contribution in [0.1, 0.15) is 25.7 Å². The molecule has 1 saturated carbocycles. The van der Waals surface area contributed by atoms with Crippen LogP contribution in [0.2, 0.25) is 0 Å². The fraction of sp³-hybridized carbons (Fsp3) is 1.00. The Labute approximate surface area is 78.4 Å². The van der Waals surface area contributed by atoms with E-state index < -0.39 is 0 Å². The fourth-order valence-corrected chi connectivity index (χ4v) is 1.90. The Morgan fingerprint density at radius 1 is 1.08 bits per heavy atom. The van der Waals surface area contributed by atoms with Crippen LogP contribution in [-0.2, 0) is 4.84 Å². The van der Waals surface area contributed by atoms with E-state index in [0.29, 0.717) is 0 Å². The molecule has 0 aromatic carbocycles. The number of hydrogen-bond acceptors (Lipinski definition) is 3. The smallest absolute Gasteiger partial charge is 0.117 e. The second-order valence-electron chi connectivity index (χ2n) is 3.68. The third-order valence-corrected chi connectivity index (χ3v) is 2.84. The van der Waals surface area contributed by atoms with E-state index in [0.717, 1.165) is 25.7 Å². The van der Waals surface area contributed by atoms with Gasteiger partial charge < -0.3 is 15.5 Å². The van der Waals surface area contributed by atoms with Gasteiger partial charge in [0.25, 0.3) is 0 Å². The van der Waals surface area contributed by atoms with Crippen LogP contribution in [-0.4, -0.2) is 26.2 Å². The summed E-state index contributed by atoms with van der Waals surface area (Å²) in [5.41, 5.74) is 0. The predicted octanol–water partition coefficient (Wildman–Crippen LogP) is -1.75. The molecule has 0 spiro atoms. The minimum absolute atomic E-state index is 0.0283. The van der Waals surface area contributed by atoms with Gasteiger partial charge in [0, 0.05) is 25.7 Å². The third-order valence-electron chi connectivity index (χ3n) is 2.84. The van der Waals surface area contributed by atoms with Gasteiger partial charge in [-0.2, -0.15) is 0 Å². The molecule has 0 aromatic heterocycles. The number of rotatable bonds is 3. The molecule has 1 aliphatic carbocycles. The van der Waals surface area contributed by atoms with Crippen LogP contribution >= 0.6 is 0 Å². The molecule has 0 heterocycles. The van der Waals surface area contributed by atoms with Crippen molar-refractivity contribution < 1.29 is 15.1 Å². The molecule has 1 aliphatic rings. The van der Waals surface area contributed by atoms with Gasteiger partial charge in [-0.3, -0.25) is 0 Å². The lowest BCUT2D eigenvalue weighted by Gasteiger charge is -2.36. The molecule has 0 saturated heterocycles. The van der Waals surface area contributed by atoms with Gasteiger partial charge in [-0.25, -0.2) is 10.1 Å². The summed E-state index contributed by atoms with van der Waals surface area (Å²) in [6.45, 7) is 0. The maximum Gasteiger partial charge on any atom is 0.117 e. The molecule has 1 fully saturated rings. The average molecular weight is 190 g/mol. The zero-order chi connectivity index (χ0) is 9.84. The lowest BCUT2D eigenvalue weighted by Crippen LogP contribution is -3.12. The van der Waals surface area contributed by atoms with Crippen LogP contribution in [0.5, 0.6) is 0 Å². The van der Waals surface area contributed by atoms with E-state index in [1.807, 2.05) is 0 Å². The van der Waals surface area contributed by atoms with Crippen molar-refractivity contribution in [2.24, 2.45) is 0 Å². The number of nitrogens with one attached hydrogen (secondary N) is 2. The second-order valence-corrected chi connectivity index (χ2v) is 3.68. The third kappa shape index (κ3) is 2.89. The highest BCUT2D eigenvalue weighted by Gasteiger charge is 2.27. The Bertz CT molecular complexity index is 146. The zero-order valence-corrected chi connectivity index (χ0v) is 8.21. The van der Waals surface area contributed by atoms with E-state index in [1.54, 1.807) is 7.05 Å². The topological polar surface area (TPSA) is 64.2 Å². The Hall–Kier alpha value is -0.200. The molecule has 1 rings (SSSR count). The maximum absolute atomic E-state index is 11.1. The maximum atomic E-state index is 11.1. The molecule has 2 unspecified atom stereocenters. The Morgan fingerprint density at radius 3 is 1.92 bits per heavy atom. The van der Waals surface area contributed by atoms with Crippen molar-refractivity contribution >= 4 is 0 Å². The number of quaternary nitrogens is 2. The van der Waals surface area contributed by atoms with Gasteiger partial charge in [0.15, 0.2) is 0 Å². The van der Waals surface area contributed by atoms with Crippen molar-refractivity contribution in [3.8, 4) is 0 Å². The van der Waals surface area contributed by atoms with E-state index in [9.17, 15) is 10.4 Å². The molecule has 2 atom stereocenters. The van der Waals surface area contributed by atoms with Crippen LogP contribution in [0.15, 0.2) is 0 Å². The van der Waals surface area contributed by atoms with Crippen molar-refractivity contribution in [3.05, 3.63) is 10.4 Å². The van der Waals surface area contributed by atoms with E-state index in [1.165, 1.54) is 7.11 Å². The summed E-state index contributed by atoms with van der Waals surface area (Å²) in [5, 5.41) is 22.3. The summed E-state index contributed by atoms with van der Waals surface area (Å²) in [5.74, 6) is 0. The standard InChI is InChI=1S/C8H18N2O3/c1-9(11)7-3-5-8(6-4-7)10(12)13-2/h7-10H,3-6H2,1-2H3. The highest BCUT2D eigenvalue weighted by molar-refractivity contribution is 4.70. The minimum Gasteiger partial charge on any atom is -0.634 e. The molecule has 5 nitrogen and oxygen atoms in total. The van der Waals surface area contributed by atoms with Gasteiger partial charge >= 0.3 is 0 Å². The van der Waals surface area contributed by atoms with Crippen molar-refractivity contribution in [3.63, 3.8) is 0 Å². The zero-order valence-electron chi connectivity index (χ0n) is 8.21. The minimum atomic E-state index is -0.123. The first-order chi connectivity index (χ1) is 6.15. The van der Waals surface area contributed by atoms with Gasteiger partial charge in [0.1, 0.15) is 6.04 Å². The van der Waals surface area contributed by atoms with Gasteiger partial charge in [0.2, 0.25) is 0 Å². The van der Waals surface area contributed by atoms with Crippen molar-refractivity contribution in [2.75, 3.05) is 14.2 Å². The molecule has 0 amide bonds. The van der Waals surface area contributed by atoms with Crippen LogP contribution in [0.3, 0.4) is 0 Å². The highest BCUT2D eigenvalue weighted by Crippen LogP contribution is 2.14. The van der Waals surface area contributed by atoms with Gasteiger partial charge in [0.05, 0.1) is 20.2 Å². The first-order valence-corrected chi connectivity index (χ1v) is 4.73. The Morgan fingerprint density at radius 2 is 1.54 bits per heavy atom.